The molecule has 2 atom stereocenters. The van der Waals surface area contributed by atoms with Gasteiger partial charge in [0.1, 0.15) is 5.82 Å². The van der Waals surface area contributed by atoms with Gasteiger partial charge in [0.05, 0.1) is 12.6 Å². The fourth-order valence-corrected chi connectivity index (χ4v) is 5.19. The maximum absolute atomic E-state index is 14.7. The summed E-state index contributed by atoms with van der Waals surface area (Å²) in [5, 5.41) is 4.01. The fourth-order valence-electron chi connectivity index (χ4n) is 4.90. The Morgan fingerprint density at radius 3 is 2.82 bits per heavy atom. The van der Waals surface area contributed by atoms with Gasteiger partial charge >= 0.3 is 0 Å². The number of ether oxygens (including phenoxy) is 1. The van der Waals surface area contributed by atoms with Gasteiger partial charge in [-0.15, -0.1) is 0 Å². The number of guanidine groups is 1. The molecule has 2 unspecified atom stereocenters. The van der Waals surface area contributed by atoms with Crippen molar-refractivity contribution in [1.29, 1.82) is 0 Å². The van der Waals surface area contributed by atoms with E-state index in [1.807, 2.05) is 7.05 Å². The van der Waals surface area contributed by atoms with Crippen LogP contribution in [0.3, 0.4) is 0 Å². The topological polar surface area (TPSA) is 40.1 Å². The number of aliphatic imine (C=N–C) groups is 1. The third-order valence-electron chi connectivity index (χ3n) is 6.50. The lowest BCUT2D eigenvalue weighted by Crippen LogP contribution is -2.45. The lowest BCUT2D eigenvalue weighted by molar-refractivity contribution is 0.156. The number of hydrogen-bond donors (Lipinski definition) is 1. The van der Waals surface area contributed by atoms with Crippen LogP contribution in [0.1, 0.15) is 37.3 Å². The van der Waals surface area contributed by atoms with Gasteiger partial charge in [0.15, 0.2) is 5.96 Å². The largest absolute Gasteiger partial charge is 0.381 e. The van der Waals surface area contributed by atoms with Gasteiger partial charge in [0.2, 0.25) is 0 Å². The molecule has 3 aliphatic rings. The number of hydrogen-bond acceptors (Lipinski definition) is 3. The Kier molecular flexibility index (Phi) is 6.09. The van der Waals surface area contributed by atoms with Crippen molar-refractivity contribution in [3.05, 3.63) is 34.6 Å². The van der Waals surface area contributed by atoms with Gasteiger partial charge in [-0.05, 0) is 50.9 Å². The van der Waals surface area contributed by atoms with Gasteiger partial charge in [-0.3, -0.25) is 9.89 Å². The smallest absolute Gasteiger partial charge is 0.193 e. The summed E-state index contributed by atoms with van der Waals surface area (Å²) in [6.45, 7) is 6.21. The minimum absolute atomic E-state index is 0.0978. The molecule has 3 heterocycles. The van der Waals surface area contributed by atoms with E-state index >= 15 is 0 Å². The highest BCUT2D eigenvalue weighted by atomic mass is 35.5. The predicted octanol–water partition coefficient (Wildman–Crippen LogP) is 3.30. The van der Waals surface area contributed by atoms with Gasteiger partial charge in [-0.2, -0.15) is 0 Å². The molecule has 7 heteroatoms. The molecule has 3 aliphatic heterocycles. The zero-order chi connectivity index (χ0) is 19.6. The van der Waals surface area contributed by atoms with E-state index in [9.17, 15) is 4.39 Å². The van der Waals surface area contributed by atoms with Crippen molar-refractivity contribution in [2.45, 2.75) is 31.7 Å². The molecule has 5 nitrogen and oxygen atoms in total. The number of likely N-dealkylation sites (tertiary alicyclic amines) is 2. The summed E-state index contributed by atoms with van der Waals surface area (Å²) >= 11 is 6.41. The second kappa shape index (κ2) is 8.56. The van der Waals surface area contributed by atoms with Gasteiger partial charge in [-0.25, -0.2) is 4.39 Å². The van der Waals surface area contributed by atoms with Gasteiger partial charge < -0.3 is 15.0 Å². The monoisotopic (exact) mass is 408 g/mol. The first-order valence-electron chi connectivity index (χ1n) is 10.3. The third kappa shape index (κ3) is 4.00. The normalized spacial score (nSPS) is 27.1. The van der Waals surface area contributed by atoms with E-state index < -0.39 is 0 Å². The van der Waals surface area contributed by atoms with Crippen LogP contribution in [-0.4, -0.2) is 68.7 Å². The van der Waals surface area contributed by atoms with Gasteiger partial charge in [-0.1, -0.05) is 17.7 Å². The Morgan fingerprint density at radius 1 is 1.32 bits per heavy atom. The van der Waals surface area contributed by atoms with Crippen molar-refractivity contribution < 1.29 is 9.13 Å². The highest BCUT2D eigenvalue weighted by Crippen LogP contribution is 2.38. The van der Waals surface area contributed by atoms with E-state index in [-0.39, 0.29) is 17.3 Å². The summed E-state index contributed by atoms with van der Waals surface area (Å²) in [5.41, 5.74) is 0.872. The summed E-state index contributed by atoms with van der Waals surface area (Å²) < 4.78 is 20.3. The number of halogens is 2. The van der Waals surface area contributed by atoms with Crippen molar-refractivity contribution in [2.24, 2.45) is 10.4 Å². The number of rotatable bonds is 4. The maximum Gasteiger partial charge on any atom is 0.193 e. The molecule has 0 aliphatic carbocycles. The molecule has 0 aromatic heterocycles. The molecule has 1 aromatic carbocycles. The molecule has 0 saturated carbocycles. The molecule has 1 N–H and O–H groups in total. The van der Waals surface area contributed by atoms with Crippen molar-refractivity contribution in [3.63, 3.8) is 0 Å². The van der Waals surface area contributed by atoms with Crippen LogP contribution < -0.4 is 5.32 Å². The predicted molar refractivity (Wildman–Crippen MR) is 110 cm³/mol. The molecule has 1 aromatic rings. The van der Waals surface area contributed by atoms with Crippen molar-refractivity contribution in [2.75, 3.05) is 53.0 Å². The molecule has 3 fully saturated rings. The van der Waals surface area contributed by atoms with Crippen molar-refractivity contribution in [3.8, 4) is 0 Å². The Balaban J connectivity index is 1.48. The van der Waals surface area contributed by atoms with E-state index in [0.29, 0.717) is 17.1 Å². The molecule has 0 bridgehead atoms. The highest BCUT2D eigenvalue weighted by Gasteiger charge is 2.42. The first-order valence-corrected chi connectivity index (χ1v) is 10.7. The van der Waals surface area contributed by atoms with E-state index in [1.54, 1.807) is 12.1 Å². The van der Waals surface area contributed by atoms with E-state index in [4.69, 9.17) is 16.3 Å². The van der Waals surface area contributed by atoms with Crippen LogP contribution >= 0.6 is 11.6 Å². The lowest BCUT2D eigenvalue weighted by atomic mass is 9.87. The van der Waals surface area contributed by atoms with Gasteiger partial charge in [0.25, 0.3) is 0 Å². The standard InChI is InChI=1S/C21H30ClFN4O/c1-24-20(27-11-7-21(14-27)8-12-28-15-21)25-13-18(26-9-2-3-10-26)19-16(22)5-4-6-17(19)23/h4-6,18H,2-3,7-15H2,1H3,(H,24,25). The minimum atomic E-state index is -0.232. The number of benzene rings is 1. The highest BCUT2D eigenvalue weighted by molar-refractivity contribution is 6.31. The molecule has 1 spiro atoms. The molecule has 154 valence electrons. The Labute approximate surface area is 171 Å². The molecular formula is C21H30ClFN4O. The second-order valence-corrected chi connectivity index (χ2v) is 8.70. The van der Waals surface area contributed by atoms with Crippen LogP contribution in [0.2, 0.25) is 5.02 Å². The van der Waals surface area contributed by atoms with Crippen LogP contribution in [0.15, 0.2) is 23.2 Å². The van der Waals surface area contributed by atoms with E-state index in [1.165, 1.54) is 6.07 Å². The summed E-state index contributed by atoms with van der Waals surface area (Å²) in [4.78, 5) is 9.16. The fraction of sp³-hybridized carbons (Fsp3) is 0.667. The summed E-state index contributed by atoms with van der Waals surface area (Å²) in [6, 6.07) is 4.85. The summed E-state index contributed by atoms with van der Waals surface area (Å²) in [7, 11) is 1.82. The first kappa shape index (κ1) is 19.9. The molecule has 0 amide bonds. The minimum Gasteiger partial charge on any atom is -0.381 e. The number of nitrogens with zero attached hydrogens (tertiary/aromatic N) is 3. The van der Waals surface area contributed by atoms with Crippen LogP contribution in [0, 0.1) is 11.2 Å². The van der Waals surface area contributed by atoms with Crippen LogP contribution in [0.25, 0.3) is 0 Å². The molecule has 3 saturated heterocycles. The van der Waals surface area contributed by atoms with E-state index in [2.05, 4.69) is 20.1 Å². The Hall–Kier alpha value is -1.37. The average Bonchev–Trinajstić information content (AvgIpc) is 3.44. The quantitative estimate of drug-likeness (QED) is 0.613. The molecule has 0 radical (unpaired) electrons. The van der Waals surface area contributed by atoms with Gasteiger partial charge in [0, 0.05) is 49.3 Å². The van der Waals surface area contributed by atoms with Crippen LogP contribution in [0.4, 0.5) is 4.39 Å². The second-order valence-electron chi connectivity index (χ2n) is 8.30. The van der Waals surface area contributed by atoms with Crippen LogP contribution in [-0.2, 0) is 4.74 Å². The summed E-state index contributed by atoms with van der Waals surface area (Å²) in [5.74, 6) is 0.657. The molecular weight excluding hydrogens is 379 g/mol. The molecule has 4 rings (SSSR count). The van der Waals surface area contributed by atoms with E-state index in [0.717, 1.165) is 71.0 Å². The maximum atomic E-state index is 14.7. The molecule has 28 heavy (non-hydrogen) atoms. The lowest BCUT2D eigenvalue weighted by Gasteiger charge is -2.31. The van der Waals surface area contributed by atoms with Crippen molar-refractivity contribution >= 4 is 17.6 Å². The number of nitrogens with one attached hydrogen (secondary N) is 1. The first-order chi connectivity index (χ1) is 13.6. The third-order valence-corrected chi connectivity index (χ3v) is 6.83. The van der Waals surface area contributed by atoms with Crippen molar-refractivity contribution in [1.82, 2.24) is 15.1 Å². The SMILES string of the molecule is CN=C(NCC(c1c(F)cccc1Cl)N1CCCC1)N1CCC2(CCOC2)C1. The Morgan fingerprint density at radius 2 is 2.14 bits per heavy atom. The zero-order valence-electron chi connectivity index (χ0n) is 16.6. The summed E-state index contributed by atoms with van der Waals surface area (Å²) in [6.07, 6.45) is 4.56. The zero-order valence-corrected chi connectivity index (χ0v) is 17.3. The van der Waals surface area contributed by atoms with Crippen LogP contribution in [0.5, 0.6) is 0 Å². The average molecular weight is 409 g/mol. The Bertz CT molecular complexity index is 696.